The van der Waals surface area contributed by atoms with E-state index in [0.29, 0.717) is 30.3 Å². The maximum Gasteiger partial charge on any atom is 0.416 e. The first-order valence-corrected chi connectivity index (χ1v) is 9.80. The van der Waals surface area contributed by atoms with E-state index in [1.54, 1.807) is 39.0 Å². The second-order valence-corrected chi connectivity index (χ2v) is 8.09. The number of rotatable bonds is 4. The maximum atomic E-state index is 13.2. The number of halogens is 3. The monoisotopic (exact) mass is 452 g/mol. The van der Waals surface area contributed by atoms with E-state index < -0.39 is 29.3 Å². The topological polar surface area (TPSA) is 85.9 Å². The first-order valence-electron chi connectivity index (χ1n) is 9.80. The van der Waals surface area contributed by atoms with Gasteiger partial charge in [-0.25, -0.2) is 4.79 Å². The molecule has 2 aromatic rings. The fourth-order valence-corrected chi connectivity index (χ4v) is 2.92. The third-order valence-corrected chi connectivity index (χ3v) is 4.23. The van der Waals surface area contributed by atoms with Crippen molar-refractivity contribution in [1.29, 1.82) is 0 Å². The van der Waals surface area contributed by atoms with Gasteiger partial charge in [0.25, 0.3) is 0 Å². The molecule has 1 heterocycles. The zero-order valence-corrected chi connectivity index (χ0v) is 17.8. The minimum absolute atomic E-state index is 0.0252. The molecule has 3 rings (SSSR count). The Labute approximate surface area is 182 Å². The zero-order chi connectivity index (χ0) is 23.5. The Morgan fingerprint density at radius 1 is 0.938 bits per heavy atom. The number of carbonyl (C=O) groups is 2. The van der Waals surface area contributed by atoms with Crippen molar-refractivity contribution in [2.45, 2.75) is 39.0 Å². The summed E-state index contributed by atoms with van der Waals surface area (Å²) in [6.45, 7) is 5.75. The summed E-state index contributed by atoms with van der Waals surface area (Å²) in [6.07, 6.45) is -5.61. The molecule has 0 bridgehead atoms. The van der Waals surface area contributed by atoms with Crippen molar-refractivity contribution in [2.24, 2.45) is 0 Å². The van der Waals surface area contributed by atoms with Crippen molar-refractivity contribution in [1.82, 2.24) is 0 Å². The minimum atomic E-state index is -4.63. The number of amides is 2. The van der Waals surface area contributed by atoms with Crippen molar-refractivity contribution < 1.29 is 37.0 Å². The predicted octanol–water partition coefficient (Wildman–Crippen LogP) is 5.00. The van der Waals surface area contributed by atoms with Crippen LogP contribution in [0.3, 0.4) is 0 Å². The molecule has 0 aromatic heterocycles. The van der Waals surface area contributed by atoms with E-state index in [2.05, 4.69) is 10.6 Å². The number of fused-ring (bicyclic) bond motifs is 1. The van der Waals surface area contributed by atoms with Gasteiger partial charge in [0, 0.05) is 0 Å². The lowest BCUT2D eigenvalue weighted by Gasteiger charge is -2.21. The van der Waals surface area contributed by atoms with Crippen molar-refractivity contribution in [3.05, 3.63) is 47.5 Å². The summed E-state index contributed by atoms with van der Waals surface area (Å²) >= 11 is 0. The number of nitrogens with one attached hydrogen (secondary N) is 2. The molecule has 2 amide bonds. The molecule has 0 spiro atoms. The van der Waals surface area contributed by atoms with Gasteiger partial charge >= 0.3 is 12.3 Å². The lowest BCUT2D eigenvalue weighted by atomic mass is 10.1. The molecule has 0 saturated heterocycles. The molecule has 7 nitrogen and oxygen atoms in total. The quantitative estimate of drug-likeness (QED) is 0.682. The summed E-state index contributed by atoms with van der Waals surface area (Å²) < 4.78 is 55.6. The molecular weight excluding hydrogens is 429 g/mol. The van der Waals surface area contributed by atoms with Crippen molar-refractivity contribution >= 4 is 23.4 Å². The zero-order valence-electron chi connectivity index (χ0n) is 17.8. The number of carbonyl (C=O) groups excluding carboxylic acids is 2. The van der Waals surface area contributed by atoms with Crippen molar-refractivity contribution in [3.63, 3.8) is 0 Å². The molecule has 2 N–H and O–H groups in total. The SMILES string of the molecule is CC(C)(C)OC(=O)Nc1ccc(C(F)(F)F)cc1NC(=O)Cc1ccc2c(c1)OCCO2. The summed E-state index contributed by atoms with van der Waals surface area (Å²) in [6, 6.07) is 7.60. The molecule has 1 aliphatic heterocycles. The molecule has 0 radical (unpaired) electrons. The van der Waals surface area contributed by atoms with E-state index >= 15 is 0 Å². The molecular formula is C22H23F3N2O5. The molecule has 32 heavy (non-hydrogen) atoms. The number of hydrogen-bond acceptors (Lipinski definition) is 5. The van der Waals surface area contributed by atoms with Crippen molar-refractivity contribution in [3.8, 4) is 11.5 Å². The van der Waals surface area contributed by atoms with Crippen LogP contribution in [0.15, 0.2) is 36.4 Å². The summed E-state index contributed by atoms with van der Waals surface area (Å²) in [5.41, 5.74) is -1.42. The first kappa shape index (κ1) is 23.2. The first-order chi connectivity index (χ1) is 14.9. The number of hydrogen-bond donors (Lipinski definition) is 2. The maximum absolute atomic E-state index is 13.2. The van der Waals surface area contributed by atoms with Gasteiger partial charge in [0.2, 0.25) is 5.91 Å². The van der Waals surface area contributed by atoms with Gasteiger partial charge in [0.1, 0.15) is 18.8 Å². The molecule has 0 unspecified atom stereocenters. The standard InChI is InChI=1S/C22H23F3N2O5/c1-21(2,3)32-20(29)27-15-6-5-14(22(23,24)25)12-16(15)26-19(28)11-13-4-7-17-18(10-13)31-9-8-30-17/h4-7,10,12H,8-9,11H2,1-3H3,(H,26,28)(H,27,29). The lowest BCUT2D eigenvalue weighted by Crippen LogP contribution is -2.27. The number of anilines is 2. The van der Waals surface area contributed by atoms with E-state index in [0.717, 1.165) is 18.2 Å². The highest BCUT2D eigenvalue weighted by atomic mass is 19.4. The molecule has 0 atom stereocenters. The Hall–Kier alpha value is -3.43. The summed E-state index contributed by atoms with van der Waals surface area (Å²) in [7, 11) is 0. The van der Waals surface area contributed by atoms with Crippen LogP contribution in [0.5, 0.6) is 11.5 Å². The third-order valence-electron chi connectivity index (χ3n) is 4.23. The molecule has 0 saturated carbocycles. The van der Waals surface area contributed by atoms with Gasteiger partial charge in [-0.05, 0) is 56.7 Å². The number of benzene rings is 2. The Kier molecular flexibility index (Phi) is 6.52. The second kappa shape index (κ2) is 8.97. The fraction of sp³-hybridized carbons (Fsp3) is 0.364. The Bertz CT molecular complexity index is 1020. The van der Waals surface area contributed by atoms with Crippen LogP contribution in [0.25, 0.3) is 0 Å². The van der Waals surface area contributed by atoms with Crippen LogP contribution in [0, 0.1) is 0 Å². The molecule has 10 heteroatoms. The van der Waals surface area contributed by atoms with E-state index in [-0.39, 0.29) is 17.8 Å². The molecule has 0 aliphatic carbocycles. The van der Waals surface area contributed by atoms with Gasteiger partial charge in [-0.15, -0.1) is 0 Å². The normalized spacial score (nSPS) is 13.3. The molecule has 0 fully saturated rings. The second-order valence-electron chi connectivity index (χ2n) is 8.09. The third kappa shape index (κ3) is 6.29. The average molecular weight is 452 g/mol. The smallest absolute Gasteiger partial charge is 0.416 e. The molecule has 2 aromatic carbocycles. The Morgan fingerprint density at radius 2 is 1.62 bits per heavy atom. The van der Waals surface area contributed by atoms with Gasteiger partial charge in [-0.1, -0.05) is 6.07 Å². The van der Waals surface area contributed by atoms with Gasteiger partial charge in [0.15, 0.2) is 11.5 Å². The van der Waals surface area contributed by atoms with Crippen LogP contribution < -0.4 is 20.1 Å². The van der Waals surface area contributed by atoms with E-state index in [1.165, 1.54) is 0 Å². The summed E-state index contributed by atoms with van der Waals surface area (Å²) in [5, 5.41) is 4.81. The fourth-order valence-electron chi connectivity index (χ4n) is 2.92. The highest BCUT2D eigenvalue weighted by Crippen LogP contribution is 2.35. The van der Waals surface area contributed by atoms with Gasteiger partial charge in [-0.2, -0.15) is 13.2 Å². The number of alkyl halides is 3. The predicted molar refractivity (Wildman–Crippen MR) is 111 cm³/mol. The average Bonchev–Trinajstić information content (AvgIpc) is 2.67. The highest BCUT2D eigenvalue weighted by Gasteiger charge is 2.31. The van der Waals surface area contributed by atoms with Crippen LogP contribution in [-0.4, -0.2) is 30.8 Å². The van der Waals surface area contributed by atoms with Crippen LogP contribution in [0.1, 0.15) is 31.9 Å². The van der Waals surface area contributed by atoms with Crippen LogP contribution in [-0.2, 0) is 22.1 Å². The van der Waals surface area contributed by atoms with Gasteiger partial charge < -0.3 is 19.5 Å². The van der Waals surface area contributed by atoms with Gasteiger partial charge in [-0.3, -0.25) is 10.1 Å². The van der Waals surface area contributed by atoms with E-state index in [1.807, 2.05) is 0 Å². The minimum Gasteiger partial charge on any atom is -0.486 e. The molecule has 172 valence electrons. The Morgan fingerprint density at radius 3 is 2.28 bits per heavy atom. The molecule has 1 aliphatic rings. The largest absolute Gasteiger partial charge is 0.486 e. The highest BCUT2D eigenvalue weighted by molar-refractivity contribution is 5.98. The lowest BCUT2D eigenvalue weighted by molar-refractivity contribution is -0.137. The van der Waals surface area contributed by atoms with Crippen LogP contribution >= 0.6 is 0 Å². The van der Waals surface area contributed by atoms with Crippen LogP contribution in [0.2, 0.25) is 0 Å². The Balaban J connectivity index is 1.79. The van der Waals surface area contributed by atoms with E-state index in [9.17, 15) is 22.8 Å². The summed E-state index contributed by atoms with van der Waals surface area (Å²) in [4.78, 5) is 24.7. The number of ether oxygens (including phenoxy) is 3. The van der Waals surface area contributed by atoms with Gasteiger partial charge in [0.05, 0.1) is 23.4 Å². The summed E-state index contributed by atoms with van der Waals surface area (Å²) in [5.74, 6) is 0.475. The van der Waals surface area contributed by atoms with E-state index in [4.69, 9.17) is 14.2 Å². The van der Waals surface area contributed by atoms with Crippen molar-refractivity contribution in [2.75, 3.05) is 23.8 Å². The van der Waals surface area contributed by atoms with Crippen LogP contribution in [0.4, 0.5) is 29.3 Å².